The summed E-state index contributed by atoms with van der Waals surface area (Å²) in [6, 6.07) is 3.23. The lowest BCUT2D eigenvalue weighted by atomic mass is 10.1. The van der Waals surface area contributed by atoms with Crippen LogP contribution in [-0.2, 0) is 9.59 Å². The normalized spacial score (nSPS) is 11.6. The van der Waals surface area contributed by atoms with Crippen LogP contribution in [0.4, 0.5) is 5.69 Å². The van der Waals surface area contributed by atoms with Crippen LogP contribution in [0.1, 0.15) is 36.5 Å². The summed E-state index contributed by atoms with van der Waals surface area (Å²) in [5, 5.41) is 21.2. The number of unbranched alkanes of at least 4 members (excludes halogenated alkanes) is 1. The van der Waals surface area contributed by atoms with Crippen LogP contribution >= 0.6 is 0 Å². The number of carbonyl (C=O) groups excluding carboxylic acids is 1. The molecule has 5 N–H and O–H groups in total. The van der Waals surface area contributed by atoms with Crippen molar-refractivity contribution in [3.05, 3.63) is 23.8 Å². The highest BCUT2D eigenvalue weighted by Crippen LogP contribution is 2.30. The Morgan fingerprint density at radius 3 is 2.48 bits per heavy atom. The lowest BCUT2D eigenvalue weighted by Gasteiger charge is -2.18. The van der Waals surface area contributed by atoms with Crippen molar-refractivity contribution < 1.29 is 29.3 Å². The molecule has 8 heteroatoms. The molecule has 8 nitrogen and oxygen atoms in total. The molecule has 0 fully saturated rings. The number of rotatable bonds is 9. The minimum absolute atomic E-state index is 0.139. The third kappa shape index (κ3) is 5.59. The molecule has 0 aromatic heterocycles. The zero-order valence-electron chi connectivity index (χ0n) is 12.7. The third-order valence-corrected chi connectivity index (χ3v) is 3.07. The molecule has 0 aliphatic rings. The van der Waals surface area contributed by atoms with Gasteiger partial charge in [0, 0.05) is 6.92 Å². The Bertz CT molecular complexity index is 587. The summed E-state index contributed by atoms with van der Waals surface area (Å²) < 4.78 is 4.95. The lowest BCUT2D eigenvalue weighted by molar-refractivity contribution is -0.138. The number of para-hydroxylation sites is 1. The van der Waals surface area contributed by atoms with Gasteiger partial charge in [0.05, 0.1) is 5.69 Å². The van der Waals surface area contributed by atoms with Gasteiger partial charge < -0.3 is 26.0 Å². The highest BCUT2D eigenvalue weighted by atomic mass is 16.5. The number of aromatic carboxylic acids is 1. The number of ether oxygens (including phenoxy) is 1. The molecular weight excluding hydrogens is 304 g/mol. The molecule has 0 spiro atoms. The van der Waals surface area contributed by atoms with E-state index in [0.717, 1.165) is 6.92 Å². The summed E-state index contributed by atoms with van der Waals surface area (Å²) in [5.74, 6) is -3.26. The number of benzene rings is 1. The number of esters is 1. The second kappa shape index (κ2) is 8.74. The fourth-order valence-electron chi connectivity index (χ4n) is 2.01. The van der Waals surface area contributed by atoms with E-state index >= 15 is 0 Å². The van der Waals surface area contributed by atoms with Crippen LogP contribution in [0.3, 0.4) is 0 Å². The number of nitrogens with two attached hydrogens (primary N) is 1. The van der Waals surface area contributed by atoms with Gasteiger partial charge in [0.2, 0.25) is 0 Å². The molecule has 1 atom stereocenters. The number of aliphatic carboxylic acids is 1. The molecule has 0 heterocycles. The van der Waals surface area contributed by atoms with Crippen molar-refractivity contribution in [3.8, 4) is 5.75 Å². The van der Waals surface area contributed by atoms with Crippen LogP contribution < -0.4 is 15.8 Å². The number of carboxylic acids is 2. The lowest BCUT2D eigenvalue weighted by Crippen LogP contribution is -2.30. The van der Waals surface area contributed by atoms with Crippen LogP contribution in [-0.4, -0.2) is 40.7 Å². The summed E-state index contributed by atoms with van der Waals surface area (Å²) in [6.45, 7) is 1.60. The first-order valence-electron chi connectivity index (χ1n) is 7.11. The largest absolute Gasteiger partial charge is 0.480 e. The first kappa shape index (κ1) is 18.4. The van der Waals surface area contributed by atoms with Crippen molar-refractivity contribution in [2.24, 2.45) is 5.73 Å². The van der Waals surface area contributed by atoms with Crippen molar-refractivity contribution in [1.82, 2.24) is 0 Å². The van der Waals surface area contributed by atoms with Gasteiger partial charge in [-0.15, -0.1) is 0 Å². The Morgan fingerprint density at radius 2 is 1.96 bits per heavy atom. The predicted octanol–water partition coefficient (Wildman–Crippen LogP) is 1.30. The van der Waals surface area contributed by atoms with Gasteiger partial charge in [0.25, 0.3) is 0 Å². The van der Waals surface area contributed by atoms with Crippen molar-refractivity contribution in [2.75, 3.05) is 11.9 Å². The fraction of sp³-hybridized carbons (Fsp3) is 0.400. The number of carbonyl (C=O) groups is 3. The predicted molar refractivity (Wildman–Crippen MR) is 82.7 cm³/mol. The van der Waals surface area contributed by atoms with Gasteiger partial charge in [-0.2, -0.15) is 0 Å². The van der Waals surface area contributed by atoms with Crippen molar-refractivity contribution in [1.29, 1.82) is 0 Å². The summed E-state index contributed by atoms with van der Waals surface area (Å²) in [6.07, 6.45) is 1.59. The number of anilines is 1. The molecule has 1 aromatic carbocycles. The van der Waals surface area contributed by atoms with Crippen molar-refractivity contribution >= 4 is 23.6 Å². The van der Waals surface area contributed by atoms with Gasteiger partial charge in [0.15, 0.2) is 5.75 Å². The zero-order valence-corrected chi connectivity index (χ0v) is 12.7. The maximum absolute atomic E-state index is 11.3. The second-order valence-electron chi connectivity index (χ2n) is 4.90. The number of hydrogen-bond acceptors (Lipinski definition) is 6. The van der Waals surface area contributed by atoms with Gasteiger partial charge >= 0.3 is 17.9 Å². The standard InChI is InChI=1S/C15H20N2O6/c1-9(18)23-13-10(14(19)20)5-4-7-11(13)17-12(15(21)22)6-2-3-8-16/h4-5,7,12,17H,2-3,6,8,16H2,1H3,(H,19,20)(H,21,22). The minimum atomic E-state index is -1.28. The van der Waals surface area contributed by atoms with Crippen LogP contribution in [0.5, 0.6) is 5.75 Å². The molecule has 1 aromatic rings. The highest BCUT2D eigenvalue weighted by Gasteiger charge is 2.22. The molecule has 0 radical (unpaired) electrons. The number of carboxylic acid groups (broad SMARTS) is 2. The van der Waals surface area contributed by atoms with E-state index in [1.54, 1.807) is 0 Å². The third-order valence-electron chi connectivity index (χ3n) is 3.07. The zero-order chi connectivity index (χ0) is 17.4. The maximum atomic E-state index is 11.3. The average molecular weight is 324 g/mol. The molecule has 126 valence electrons. The van der Waals surface area contributed by atoms with E-state index in [0.29, 0.717) is 25.8 Å². The Labute approximate surface area is 133 Å². The monoisotopic (exact) mass is 324 g/mol. The molecule has 1 rings (SSSR count). The topological polar surface area (TPSA) is 139 Å². The number of nitrogens with one attached hydrogen (secondary N) is 1. The molecule has 23 heavy (non-hydrogen) atoms. The SMILES string of the molecule is CC(=O)Oc1c(NC(CCCCN)C(=O)O)cccc1C(=O)O. The Kier molecular flexibility index (Phi) is 7.01. The Balaban J connectivity index is 3.08. The summed E-state index contributed by atoms with van der Waals surface area (Å²) in [7, 11) is 0. The van der Waals surface area contributed by atoms with Gasteiger partial charge in [-0.25, -0.2) is 9.59 Å². The molecule has 0 aliphatic heterocycles. The van der Waals surface area contributed by atoms with Gasteiger partial charge in [-0.1, -0.05) is 6.07 Å². The Hall–Kier alpha value is -2.61. The smallest absolute Gasteiger partial charge is 0.339 e. The first-order valence-corrected chi connectivity index (χ1v) is 7.11. The Morgan fingerprint density at radius 1 is 1.26 bits per heavy atom. The van der Waals surface area contributed by atoms with E-state index in [-0.39, 0.29) is 17.0 Å². The average Bonchev–Trinajstić information content (AvgIpc) is 2.46. The summed E-state index contributed by atoms with van der Waals surface area (Å²) in [5.41, 5.74) is 5.30. The quantitative estimate of drug-likeness (QED) is 0.303. The molecule has 0 aliphatic carbocycles. The molecule has 0 amide bonds. The summed E-state index contributed by atoms with van der Waals surface area (Å²) in [4.78, 5) is 33.8. The van der Waals surface area contributed by atoms with Gasteiger partial charge in [-0.05, 0) is 37.9 Å². The van der Waals surface area contributed by atoms with Crippen molar-refractivity contribution in [2.45, 2.75) is 32.2 Å². The van der Waals surface area contributed by atoms with Gasteiger partial charge in [-0.3, -0.25) is 4.79 Å². The number of hydrogen-bond donors (Lipinski definition) is 4. The van der Waals surface area contributed by atoms with E-state index in [1.807, 2.05) is 0 Å². The van der Waals surface area contributed by atoms with E-state index < -0.39 is 23.9 Å². The maximum Gasteiger partial charge on any atom is 0.339 e. The second-order valence-corrected chi connectivity index (χ2v) is 4.90. The van der Waals surface area contributed by atoms with E-state index in [9.17, 15) is 24.6 Å². The molecule has 0 bridgehead atoms. The van der Waals surface area contributed by atoms with E-state index in [1.165, 1.54) is 18.2 Å². The fourth-order valence-corrected chi connectivity index (χ4v) is 2.01. The molecule has 0 saturated heterocycles. The van der Waals surface area contributed by atoms with E-state index in [2.05, 4.69) is 5.32 Å². The van der Waals surface area contributed by atoms with E-state index in [4.69, 9.17) is 10.5 Å². The molecular formula is C15H20N2O6. The van der Waals surface area contributed by atoms with Crippen LogP contribution in [0.2, 0.25) is 0 Å². The summed E-state index contributed by atoms with van der Waals surface area (Å²) >= 11 is 0. The van der Waals surface area contributed by atoms with Crippen molar-refractivity contribution in [3.63, 3.8) is 0 Å². The van der Waals surface area contributed by atoms with Crippen LogP contribution in [0.25, 0.3) is 0 Å². The highest BCUT2D eigenvalue weighted by molar-refractivity contribution is 5.95. The van der Waals surface area contributed by atoms with Crippen LogP contribution in [0.15, 0.2) is 18.2 Å². The van der Waals surface area contributed by atoms with Gasteiger partial charge in [0.1, 0.15) is 11.6 Å². The molecule has 0 saturated carbocycles. The van der Waals surface area contributed by atoms with Crippen LogP contribution in [0, 0.1) is 0 Å². The minimum Gasteiger partial charge on any atom is -0.480 e. The molecule has 1 unspecified atom stereocenters. The first-order chi connectivity index (χ1) is 10.9.